The molecule has 1 saturated heterocycles. The number of hydrogen-bond donors (Lipinski definition) is 2. The smallest absolute Gasteiger partial charge is 0.418 e. The number of amides is 3. The SMILES string of the molecule is COCCOCOc1ccc2c(c1)[C@@H]1CN(C(=O)N1OS(=O)(=O)O)[C@H]2C(N)=O. The van der Waals surface area contributed by atoms with Gasteiger partial charge in [-0.2, -0.15) is 13.5 Å². The lowest BCUT2D eigenvalue weighted by molar-refractivity contribution is -0.122. The summed E-state index contributed by atoms with van der Waals surface area (Å²) in [4.78, 5) is 25.5. The van der Waals surface area contributed by atoms with Crippen molar-refractivity contribution in [3.8, 4) is 5.75 Å². The van der Waals surface area contributed by atoms with Crippen LogP contribution in [0.5, 0.6) is 5.75 Å². The number of benzene rings is 1. The van der Waals surface area contributed by atoms with Crippen LogP contribution < -0.4 is 10.5 Å². The van der Waals surface area contributed by atoms with Gasteiger partial charge in [-0.15, -0.1) is 4.28 Å². The third kappa shape index (κ3) is 4.02. The lowest BCUT2D eigenvalue weighted by Crippen LogP contribution is -2.41. The van der Waals surface area contributed by atoms with Crippen LogP contribution in [-0.2, 0) is 29.0 Å². The fourth-order valence-corrected chi connectivity index (χ4v) is 3.56. The van der Waals surface area contributed by atoms with Crippen molar-refractivity contribution in [3.05, 3.63) is 29.3 Å². The third-order valence-electron chi connectivity index (χ3n) is 4.30. The highest BCUT2D eigenvalue weighted by Crippen LogP contribution is 2.45. The normalized spacial score (nSPS) is 21.0. The van der Waals surface area contributed by atoms with Gasteiger partial charge in [-0.3, -0.25) is 9.35 Å². The van der Waals surface area contributed by atoms with Crippen molar-refractivity contribution in [1.29, 1.82) is 0 Å². The first-order valence-electron chi connectivity index (χ1n) is 8.12. The minimum absolute atomic E-state index is 0.0528. The number of hydroxylamine groups is 2. The molecule has 0 saturated carbocycles. The zero-order chi connectivity index (χ0) is 20.5. The van der Waals surface area contributed by atoms with Crippen LogP contribution in [0.3, 0.4) is 0 Å². The standard InChI is InChI=1S/C15H19N3O9S/c1-24-4-5-25-8-26-9-2-3-10-11(6-9)12-7-17(13(10)14(16)19)15(20)18(12)27-28(21,22)23/h2-3,6,12-13H,4-5,7-8H2,1H3,(H2,16,19)(H,21,22,23)/t12-,13+/m0/s1. The summed E-state index contributed by atoms with van der Waals surface area (Å²) in [7, 11) is -3.42. The first-order valence-corrected chi connectivity index (χ1v) is 9.49. The number of nitrogens with two attached hydrogens (primary N) is 1. The molecule has 3 N–H and O–H groups in total. The van der Waals surface area contributed by atoms with Crippen molar-refractivity contribution in [2.75, 3.05) is 33.7 Å². The van der Waals surface area contributed by atoms with E-state index >= 15 is 0 Å². The second-order valence-electron chi connectivity index (χ2n) is 6.04. The van der Waals surface area contributed by atoms with Crippen molar-refractivity contribution in [3.63, 3.8) is 0 Å². The van der Waals surface area contributed by atoms with Gasteiger partial charge >= 0.3 is 16.4 Å². The van der Waals surface area contributed by atoms with E-state index in [0.29, 0.717) is 35.2 Å². The molecule has 2 bridgehead atoms. The van der Waals surface area contributed by atoms with Gasteiger partial charge in [0.2, 0.25) is 5.91 Å². The van der Waals surface area contributed by atoms with E-state index in [1.54, 1.807) is 12.1 Å². The second-order valence-corrected chi connectivity index (χ2v) is 7.04. The Kier molecular flexibility index (Phi) is 5.71. The van der Waals surface area contributed by atoms with E-state index in [1.807, 2.05) is 0 Å². The summed E-state index contributed by atoms with van der Waals surface area (Å²) in [5.74, 6) is -0.433. The molecular weight excluding hydrogens is 398 g/mol. The molecule has 0 spiro atoms. The molecule has 0 unspecified atom stereocenters. The molecule has 0 aliphatic carbocycles. The molecule has 1 aromatic rings. The zero-order valence-corrected chi connectivity index (χ0v) is 15.6. The predicted molar refractivity (Wildman–Crippen MR) is 91.0 cm³/mol. The number of nitrogens with zero attached hydrogens (tertiary/aromatic N) is 2. The van der Waals surface area contributed by atoms with Crippen molar-refractivity contribution < 1.29 is 41.1 Å². The monoisotopic (exact) mass is 417 g/mol. The number of methoxy groups -OCH3 is 1. The average Bonchev–Trinajstić information content (AvgIpc) is 2.87. The predicted octanol–water partition coefficient (Wildman–Crippen LogP) is -0.261. The molecule has 13 heteroatoms. The van der Waals surface area contributed by atoms with Gasteiger partial charge in [0.15, 0.2) is 6.79 Å². The fraction of sp³-hybridized carbons (Fsp3) is 0.467. The molecule has 28 heavy (non-hydrogen) atoms. The Morgan fingerprint density at radius 3 is 2.71 bits per heavy atom. The van der Waals surface area contributed by atoms with E-state index in [9.17, 15) is 18.0 Å². The summed E-state index contributed by atoms with van der Waals surface area (Å²) >= 11 is 0. The van der Waals surface area contributed by atoms with Crippen molar-refractivity contribution in [1.82, 2.24) is 9.96 Å². The summed E-state index contributed by atoms with van der Waals surface area (Å²) in [5, 5.41) is 0.496. The van der Waals surface area contributed by atoms with Gasteiger partial charge in [0, 0.05) is 7.11 Å². The van der Waals surface area contributed by atoms with Crippen LogP contribution in [0, 0.1) is 0 Å². The van der Waals surface area contributed by atoms with Crippen LogP contribution in [-0.4, -0.2) is 68.5 Å². The molecule has 2 aliphatic heterocycles. The van der Waals surface area contributed by atoms with E-state index in [2.05, 4.69) is 4.28 Å². The summed E-state index contributed by atoms with van der Waals surface area (Å²) in [6, 6.07) is 1.75. The molecule has 2 atom stereocenters. The van der Waals surface area contributed by atoms with Crippen LogP contribution in [0.2, 0.25) is 0 Å². The Balaban J connectivity index is 1.89. The summed E-state index contributed by atoms with van der Waals surface area (Å²) in [5.41, 5.74) is 6.26. The van der Waals surface area contributed by atoms with Crippen LogP contribution >= 0.6 is 0 Å². The second kappa shape index (κ2) is 7.89. The van der Waals surface area contributed by atoms with Gasteiger partial charge in [0.25, 0.3) is 0 Å². The Labute approximate surface area is 160 Å². The van der Waals surface area contributed by atoms with Crippen LogP contribution in [0.25, 0.3) is 0 Å². The number of carbonyl (C=O) groups is 2. The fourth-order valence-electron chi connectivity index (χ4n) is 3.19. The molecular formula is C15H19N3O9S. The highest BCUT2D eigenvalue weighted by Gasteiger charge is 2.51. The van der Waals surface area contributed by atoms with Crippen molar-refractivity contribution >= 4 is 22.3 Å². The molecule has 2 aliphatic rings. The number of urea groups is 1. The van der Waals surface area contributed by atoms with Gasteiger partial charge in [0.1, 0.15) is 17.8 Å². The van der Waals surface area contributed by atoms with Crippen LogP contribution in [0.15, 0.2) is 18.2 Å². The Morgan fingerprint density at radius 2 is 2.07 bits per heavy atom. The maximum Gasteiger partial charge on any atom is 0.418 e. The van der Waals surface area contributed by atoms with E-state index in [0.717, 1.165) is 4.90 Å². The Bertz CT molecular complexity index is 876. The lowest BCUT2D eigenvalue weighted by Gasteiger charge is -2.30. The maximum absolute atomic E-state index is 12.5. The maximum atomic E-state index is 12.5. The van der Waals surface area contributed by atoms with E-state index in [4.69, 9.17) is 24.5 Å². The highest BCUT2D eigenvalue weighted by atomic mass is 32.3. The van der Waals surface area contributed by atoms with E-state index in [-0.39, 0.29) is 13.3 Å². The van der Waals surface area contributed by atoms with Crippen LogP contribution in [0.4, 0.5) is 4.79 Å². The number of hydrogen-bond acceptors (Lipinski definition) is 8. The molecule has 0 aromatic heterocycles. The van der Waals surface area contributed by atoms with Crippen molar-refractivity contribution in [2.24, 2.45) is 5.73 Å². The molecule has 154 valence electrons. The molecule has 2 heterocycles. The molecule has 1 fully saturated rings. The number of fused-ring (bicyclic) bond motifs is 4. The van der Waals surface area contributed by atoms with Gasteiger partial charge in [-0.25, -0.2) is 4.79 Å². The van der Waals surface area contributed by atoms with E-state index < -0.39 is 34.4 Å². The molecule has 0 radical (unpaired) electrons. The Hall–Kier alpha value is -2.45. The zero-order valence-electron chi connectivity index (χ0n) is 14.8. The first-order chi connectivity index (χ1) is 13.2. The van der Waals surface area contributed by atoms with Gasteiger partial charge in [0.05, 0.1) is 19.8 Å². The van der Waals surface area contributed by atoms with Gasteiger partial charge in [-0.1, -0.05) is 6.07 Å². The first kappa shape index (κ1) is 20.3. The molecule has 1 aromatic carbocycles. The largest absolute Gasteiger partial charge is 0.468 e. The summed E-state index contributed by atoms with van der Waals surface area (Å²) < 4.78 is 51.2. The molecule has 12 nitrogen and oxygen atoms in total. The molecule has 3 rings (SSSR count). The lowest BCUT2D eigenvalue weighted by atomic mass is 9.90. The number of rotatable bonds is 9. The number of primary amides is 1. The average molecular weight is 417 g/mol. The van der Waals surface area contributed by atoms with Gasteiger partial charge < -0.3 is 24.8 Å². The number of ether oxygens (including phenoxy) is 3. The summed E-state index contributed by atoms with van der Waals surface area (Å²) in [6.07, 6.45) is 0. The quantitative estimate of drug-likeness (QED) is 0.314. The number of carbonyl (C=O) groups excluding carboxylic acids is 2. The minimum atomic E-state index is -4.95. The van der Waals surface area contributed by atoms with Gasteiger partial charge in [-0.05, 0) is 23.3 Å². The van der Waals surface area contributed by atoms with Crippen molar-refractivity contribution in [2.45, 2.75) is 12.1 Å². The minimum Gasteiger partial charge on any atom is -0.468 e. The third-order valence-corrected chi connectivity index (χ3v) is 4.64. The molecule has 3 amide bonds. The Morgan fingerprint density at radius 1 is 1.32 bits per heavy atom. The topological polar surface area (TPSA) is 158 Å². The summed E-state index contributed by atoms with van der Waals surface area (Å²) in [6.45, 7) is 0.605. The van der Waals surface area contributed by atoms with Crippen LogP contribution in [0.1, 0.15) is 23.2 Å². The van der Waals surface area contributed by atoms with E-state index in [1.165, 1.54) is 13.2 Å². The highest BCUT2D eigenvalue weighted by molar-refractivity contribution is 7.80.